The van der Waals surface area contributed by atoms with E-state index in [4.69, 9.17) is 4.74 Å². The van der Waals surface area contributed by atoms with Gasteiger partial charge in [-0.25, -0.2) is 0 Å². The summed E-state index contributed by atoms with van der Waals surface area (Å²) in [6, 6.07) is 16.1. The Morgan fingerprint density at radius 3 is 2.82 bits per heavy atom. The van der Waals surface area contributed by atoms with Crippen molar-refractivity contribution in [3.05, 3.63) is 64.3 Å². The Labute approximate surface area is 173 Å². The molecular weight excluding hydrogens is 418 g/mol. The van der Waals surface area contributed by atoms with E-state index in [1.54, 1.807) is 7.11 Å². The summed E-state index contributed by atoms with van der Waals surface area (Å²) in [7, 11) is 1.68. The maximum absolute atomic E-state index is 12.8. The number of ether oxygens (including phenoxy) is 1. The van der Waals surface area contributed by atoms with Gasteiger partial charge >= 0.3 is 0 Å². The van der Waals surface area contributed by atoms with Gasteiger partial charge in [-0.2, -0.15) is 0 Å². The minimum Gasteiger partial charge on any atom is -0.497 e. The molecule has 1 aliphatic rings. The predicted octanol–water partition coefficient (Wildman–Crippen LogP) is 4.51. The van der Waals surface area contributed by atoms with Crippen molar-refractivity contribution in [1.82, 2.24) is 15.2 Å². The number of aromatic amines is 1. The summed E-state index contributed by atoms with van der Waals surface area (Å²) in [6.07, 6.45) is 2.40. The summed E-state index contributed by atoms with van der Waals surface area (Å²) in [4.78, 5) is 18.4. The predicted molar refractivity (Wildman–Crippen MR) is 115 cm³/mol. The van der Waals surface area contributed by atoms with Crippen molar-refractivity contribution in [2.24, 2.45) is 0 Å². The van der Waals surface area contributed by atoms with Gasteiger partial charge < -0.3 is 15.0 Å². The van der Waals surface area contributed by atoms with Gasteiger partial charge in [0.2, 0.25) is 0 Å². The molecule has 1 aliphatic heterocycles. The van der Waals surface area contributed by atoms with Crippen LogP contribution in [-0.4, -0.2) is 42.5 Å². The number of aromatic nitrogens is 1. The molecule has 2 aromatic carbocycles. The number of likely N-dealkylation sites (tertiary alicyclic amines) is 1. The highest BCUT2D eigenvalue weighted by molar-refractivity contribution is 9.10. The molecule has 2 heterocycles. The van der Waals surface area contributed by atoms with Crippen LogP contribution >= 0.6 is 15.9 Å². The molecule has 0 unspecified atom stereocenters. The molecule has 0 aliphatic carbocycles. The number of benzene rings is 2. The monoisotopic (exact) mass is 441 g/mol. The molecular formula is C22H24BrN3O2. The Hall–Kier alpha value is -2.31. The fourth-order valence-corrected chi connectivity index (χ4v) is 4.25. The molecule has 1 saturated heterocycles. The molecule has 4 rings (SSSR count). The number of carbonyl (C=O) groups is 1. The molecule has 28 heavy (non-hydrogen) atoms. The van der Waals surface area contributed by atoms with E-state index < -0.39 is 0 Å². The normalized spacial score (nSPS) is 15.6. The quantitative estimate of drug-likeness (QED) is 0.591. The van der Waals surface area contributed by atoms with Crippen molar-refractivity contribution < 1.29 is 9.53 Å². The number of nitrogens with one attached hydrogen (secondary N) is 2. The molecule has 0 bridgehead atoms. The van der Waals surface area contributed by atoms with Crippen LogP contribution in [0.15, 0.2) is 53.0 Å². The van der Waals surface area contributed by atoms with Crippen molar-refractivity contribution in [3.8, 4) is 5.75 Å². The second kappa shape index (κ2) is 8.37. The molecule has 3 aromatic rings. The van der Waals surface area contributed by atoms with Crippen molar-refractivity contribution in [2.45, 2.75) is 18.9 Å². The Kier molecular flexibility index (Phi) is 5.69. The zero-order valence-electron chi connectivity index (χ0n) is 15.9. The van der Waals surface area contributed by atoms with E-state index in [9.17, 15) is 4.79 Å². The lowest BCUT2D eigenvalue weighted by atomic mass is 10.0. The van der Waals surface area contributed by atoms with Crippen LogP contribution in [0.2, 0.25) is 0 Å². The minimum absolute atomic E-state index is 0.0839. The van der Waals surface area contributed by atoms with Gasteiger partial charge in [0.05, 0.1) is 13.2 Å². The van der Waals surface area contributed by atoms with Crippen LogP contribution < -0.4 is 10.1 Å². The summed E-state index contributed by atoms with van der Waals surface area (Å²) in [5, 5.41) is 4.14. The van der Waals surface area contributed by atoms with Crippen molar-refractivity contribution in [1.29, 1.82) is 0 Å². The van der Waals surface area contributed by atoms with Crippen molar-refractivity contribution >= 4 is 32.7 Å². The lowest BCUT2D eigenvalue weighted by Crippen LogP contribution is -2.36. The highest BCUT2D eigenvalue weighted by atomic mass is 79.9. The number of rotatable bonds is 6. The maximum atomic E-state index is 12.8. The SMILES string of the molecule is COc1cccc([C@@H](CNC(=O)c2cc3cc(Br)ccc3[nH]2)N2CCCC2)c1. The van der Waals surface area contributed by atoms with Crippen LogP contribution in [-0.2, 0) is 0 Å². The average molecular weight is 442 g/mol. The number of nitrogens with zero attached hydrogens (tertiary/aromatic N) is 1. The number of methoxy groups -OCH3 is 1. The van der Waals surface area contributed by atoms with Gasteiger partial charge in [-0.1, -0.05) is 28.1 Å². The second-order valence-electron chi connectivity index (χ2n) is 7.16. The van der Waals surface area contributed by atoms with Crippen molar-refractivity contribution in [3.63, 3.8) is 0 Å². The average Bonchev–Trinajstić information content (AvgIpc) is 3.38. The van der Waals surface area contributed by atoms with E-state index in [1.807, 2.05) is 36.4 Å². The first-order valence-electron chi connectivity index (χ1n) is 9.58. The maximum Gasteiger partial charge on any atom is 0.267 e. The molecule has 1 amide bonds. The first kappa shape index (κ1) is 19.0. The fourth-order valence-electron chi connectivity index (χ4n) is 3.87. The topological polar surface area (TPSA) is 57.4 Å². The summed E-state index contributed by atoms with van der Waals surface area (Å²) in [6.45, 7) is 2.67. The van der Waals surface area contributed by atoms with Gasteiger partial charge in [0.25, 0.3) is 5.91 Å². The van der Waals surface area contributed by atoms with E-state index in [0.29, 0.717) is 12.2 Å². The first-order valence-corrected chi connectivity index (χ1v) is 10.4. The molecule has 0 saturated carbocycles. The van der Waals surface area contributed by atoms with Crippen LogP contribution in [0.1, 0.15) is 34.9 Å². The number of H-pyrrole nitrogens is 1. The van der Waals surface area contributed by atoms with Gasteiger partial charge in [-0.15, -0.1) is 0 Å². The molecule has 1 aromatic heterocycles. The molecule has 0 radical (unpaired) electrons. The van der Waals surface area contributed by atoms with Crippen LogP contribution in [0.25, 0.3) is 10.9 Å². The fraction of sp³-hybridized carbons (Fsp3) is 0.318. The summed E-state index contributed by atoms with van der Waals surface area (Å²) < 4.78 is 6.39. The Bertz CT molecular complexity index is 979. The standard InChI is InChI=1S/C22H24BrN3O2/c1-28-18-6-4-5-15(12-18)21(26-9-2-3-10-26)14-24-22(27)20-13-16-11-17(23)7-8-19(16)25-20/h4-8,11-13,21,25H,2-3,9-10,14H2,1H3,(H,24,27)/t21-/m1/s1. The first-order chi connectivity index (χ1) is 13.6. The second-order valence-corrected chi connectivity index (χ2v) is 8.08. The lowest BCUT2D eigenvalue weighted by molar-refractivity contribution is 0.0933. The van der Waals surface area contributed by atoms with E-state index in [-0.39, 0.29) is 11.9 Å². The third-order valence-electron chi connectivity index (χ3n) is 5.34. The van der Waals surface area contributed by atoms with Gasteiger partial charge in [-0.3, -0.25) is 9.69 Å². The van der Waals surface area contributed by atoms with Crippen molar-refractivity contribution in [2.75, 3.05) is 26.7 Å². The number of carbonyl (C=O) groups excluding carboxylic acids is 1. The molecule has 0 spiro atoms. The molecule has 146 valence electrons. The minimum atomic E-state index is -0.0839. The Morgan fingerprint density at radius 1 is 1.21 bits per heavy atom. The number of hydrogen-bond donors (Lipinski definition) is 2. The molecule has 6 heteroatoms. The van der Waals surface area contributed by atoms with E-state index >= 15 is 0 Å². The molecule has 5 nitrogen and oxygen atoms in total. The van der Waals surface area contributed by atoms with Crippen LogP contribution in [0.4, 0.5) is 0 Å². The van der Waals surface area contributed by atoms with Crippen LogP contribution in [0, 0.1) is 0 Å². The third kappa shape index (κ3) is 4.08. The third-order valence-corrected chi connectivity index (χ3v) is 5.84. The zero-order valence-corrected chi connectivity index (χ0v) is 17.5. The zero-order chi connectivity index (χ0) is 19.5. The smallest absolute Gasteiger partial charge is 0.267 e. The largest absolute Gasteiger partial charge is 0.497 e. The number of hydrogen-bond acceptors (Lipinski definition) is 3. The highest BCUT2D eigenvalue weighted by Crippen LogP contribution is 2.27. The van der Waals surface area contributed by atoms with Crippen LogP contribution in [0.3, 0.4) is 0 Å². The summed E-state index contributed by atoms with van der Waals surface area (Å²) in [5.41, 5.74) is 2.71. The van der Waals surface area contributed by atoms with Gasteiger partial charge in [-0.05, 0) is 67.9 Å². The lowest BCUT2D eigenvalue weighted by Gasteiger charge is -2.28. The van der Waals surface area contributed by atoms with E-state index in [0.717, 1.165) is 34.2 Å². The summed E-state index contributed by atoms with van der Waals surface area (Å²) in [5.74, 6) is 0.758. The number of amides is 1. The van der Waals surface area contributed by atoms with Gasteiger partial charge in [0, 0.05) is 21.9 Å². The molecule has 1 atom stereocenters. The number of halogens is 1. The highest BCUT2D eigenvalue weighted by Gasteiger charge is 2.24. The van der Waals surface area contributed by atoms with Gasteiger partial charge in [0.1, 0.15) is 11.4 Å². The van der Waals surface area contributed by atoms with E-state index in [2.05, 4.69) is 43.3 Å². The van der Waals surface area contributed by atoms with Gasteiger partial charge in [0.15, 0.2) is 0 Å². The molecule has 1 fully saturated rings. The molecule has 2 N–H and O–H groups in total. The Morgan fingerprint density at radius 2 is 2.04 bits per heavy atom. The Balaban J connectivity index is 1.52. The van der Waals surface area contributed by atoms with Crippen LogP contribution in [0.5, 0.6) is 5.75 Å². The summed E-state index contributed by atoms with van der Waals surface area (Å²) >= 11 is 3.47. The number of fused-ring (bicyclic) bond motifs is 1. The van der Waals surface area contributed by atoms with E-state index in [1.165, 1.54) is 18.4 Å².